The van der Waals surface area contributed by atoms with E-state index in [9.17, 15) is 9.59 Å². The summed E-state index contributed by atoms with van der Waals surface area (Å²) in [5.74, 6) is -0.895. The van der Waals surface area contributed by atoms with Crippen molar-refractivity contribution in [1.82, 2.24) is 0 Å². The number of halogens is 2. The van der Waals surface area contributed by atoms with Gasteiger partial charge in [-0.1, -0.05) is 39.5 Å². The number of hydrogen-bond donors (Lipinski definition) is 0. The van der Waals surface area contributed by atoms with Crippen molar-refractivity contribution in [1.29, 1.82) is 0 Å². The van der Waals surface area contributed by atoms with Gasteiger partial charge in [-0.25, -0.2) is 9.59 Å². The first-order valence-electron chi connectivity index (χ1n) is 6.94. The summed E-state index contributed by atoms with van der Waals surface area (Å²) < 4.78 is 10.8. The fourth-order valence-corrected chi connectivity index (χ4v) is 2.09. The van der Waals surface area contributed by atoms with E-state index >= 15 is 0 Å². The van der Waals surface area contributed by atoms with Gasteiger partial charge in [-0.3, -0.25) is 0 Å². The lowest BCUT2D eigenvalue weighted by atomic mass is 10.3. The third-order valence-corrected chi connectivity index (χ3v) is 5.50. The maximum absolute atomic E-state index is 11.7. The van der Waals surface area contributed by atoms with Crippen molar-refractivity contribution in [3.8, 4) is 0 Å². The van der Waals surface area contributed by atoms with Crippen LogP contribution in [-0.2, 0) is 19.1 Å². The molecule has 0 fully saturated rings. The van der Waals surface area contributed by atoms with Crippen LogP contribution >= 0.6 is 45.2 Å². The lowest BCUT2D eigenvalue weighted by Crippen LogP contribution is -2.12. The van der Waals surface area contributed by atoms with Crippen LogP contribution in [0.3, 0.4) is 0 Å². The first kappa shape index (κ1) is 20.1. The van der Waals surface area contributed by atoms with Gasteiger partial charge in [0.15, 0.2) is 0 Å². The zero-order valence-electron chi connectivity index (χ0n) is 12.0. The van der Waals surface area contributed by atoms with Gasteiger partial charge in [-0.15, -0.1) is 0 Å². The number of carbonyl (C=O) groups excluding carboxylic acids is 2. The van der Waals surface area contributed by atoms with E-state index in [0.29, 0.717) is 20.4 Å². The molecule has 0 aromatic carbocycles. The van der Waals surface area contributed by atoms with Gasteiger partial charge in [0.05, 0.1) is 13.2 Å². The molecule has 0 aliphatic heterocycles. The third-order valence-electron chi connectivity index (χ3n) is 2.51. The van der Waals surface area contributed by atoms with Crippen LogP contribution < -0.4 is 0 Å². The highest BCUT2D eigenvalue weighted by Crippen LogP contribution is 2.22. The van der Waals surface area contributed by atoms with E-state index in [1.54, 1.807) is 0 Å². The minimum atomic E-state index is -0.448. The predicted molar refractivity (Wildman–Crippen MR) is 96.0 cm³/mol. The van der Waals surface area contributed by atoms with E-state index in [2.05, 4.69) is 13.8 Å². The monoisotopic (exact) mass is 508 g/mol. The zero-order valence-corrected chi connectivity index (χ0v) is 16.4. The van der Waals surface area contributed by atoms with Gasteiger partial charge in [0.1, 0.15) is 7.16 Å². The molecule has 0 aliphatic carbocycles. The van der Waals surface area contributed by atoms with Gasteiger partial charge in [0, 0.05) is 0 Å². The van der Waals surface area contributed by atoms with Crippen molar-refractivity contribution in [2.75, 3.05) is 13.2 Å². The second-order valence-corrected chi connectivity index (χ2v) is 6.47. The van der Waals surface area contributed by atoms with Crippen LogP contribution in [0.2, 0.25) is 0 Å². The Kier molecular flexibility index (Phi) is 12.9. The van der Waals surface area contributed by atoms with Crippen molar-refractivity contribution >= 4 is 57.1 Å². The Morgan fingerprint density at radius 2 is 1.10 bits per heavy atom. The molecule has 0 spiro atoms. The second-order valence-electron chi connectivity index (χ2n) is 4.31. The smallest absolute Gasteiger partial charge is 0.345 e. The Labute approximate surface area is 148 Å². The summed E-state index contributed by atoms with van der Waals surface area (Å²) in [6, 6.07) is 0. The van der Waals surface area contributed by atoms with Crippen molar-refractivity contribution in [3.05, 3.63) is 7.16 Å². The summed E-state index contributed by atoms with van der Waals surface area (Å²) in [4.78, 5) is 23.5. The summed E-state index contributed by atoms with van der Waals surface area (Å²) in [6.45, 7) is 4.97. The van der Waals surface area contributed by atoms with Crippen LogP contribution in [0.15, 0.2) is 7.16 Å². The number of rotatable bonds is 10. The van der Waals surface area contributed by atoms with Crippen molar-refractivity contribution in [2.24, 2.45) is 0 Å². The third kappa shape index (κ3) is 9.15. The average molecular weight is 508 g/mol. The maximum Gasteiger partial charge on any atom is 0.345 e. The zero-order chi connectivity index (χ0) is 15.4. The molecule has 0 rings (SSSR count). The summed E-state index contributed by atoms with van der Waals surface area (Å²) in [5, 5.41) is 0. The molecule has 0 radical (unpaired) electrons. The fraction of sp³-hybridized carbons (Fsp3) is 0.714. The van der Waals surface area contributed by atoms with Gasteiger partial charge in [-0.2, -0.15) is 0 Å². The van der Waals surface area contributed by atoms with E-state index in [1.165, 1.54) is 0 Å². The lowest BCUT2D eigenvalue weighted by Gasteiger charge is -2.07. The minimum Gasteiger partial charge on any atom is -0.462 e. The Hall–Kier alpha value is 0.140. The van der Waals surface area contributed by atoms with E-state index in [1.807, 2.05) is 45.2 Å². The molecule has 4 nitrogen and oxygen atoms in total. The Morgan fingerprint density at radius 1 is 0.750 bits per heavy atom. The van der Waals surface area contributed by atoms with Crippen LogP contribution in [0.25, 0.3) is 0 Å². The molecular weight excluding hydrogens is 486 g/mol. The SMILES string of the molecule is CCCCCOC(=O)/C(I)=C(/I)C(=O)OCCCCC. The van der Waals surface area contributed by atoms with Crippen molar-refractivity contribution in [2.45, 2.75) is 52.4 Å². The molecule has 116 valence electrons. The van der Waals surface area contributed by atoms with Crippen LogP contribution in [0.5, 0.6) is 0 Å². The van der Waals surface area contributed by atoms with Crippen molar-refractivity contribution < 1.29 is 19.1 Å². The molecule has 0 aromatic heterocycles. The second kappa shape index (κ2) is 12.8. The van der Waals surface area contributed by atoms with E-state index in [-0.39, 0.29) is 0 Å². The molecule has 0 unspecified atom stereocenters. The van der Waals surface area contributed by atoms with Crippen LogP contribution in [0, 0.1) is 0 Å². The van der Waals surface area contributed by atoms with Crippen LogP contribution in [-0.4, -0.2) is 25.2 Å². The molecule has 0 atom stereocenters. The van der Waals surface area contributed by atoms with Gasteiger partial charge in [0.25, 0.3) is 0 Å². The molecule has 20 heavy (non-hydrogen) atoms. The molecule has 0 heterocycles. The molecule has 0 aliphatic rings. The molecule has 0 saturated heterocycles. The largest absolute Gasteiger partial charge is 0.462 e. The highest BCUT2D eigenvalue weighted by Gasteiger charge is 2.19. The average Bonchev–Trinajstić information content (AvgIpc) is 2.46. The predicted octanol–water partition coefficient (Wildman–Crippen LogP) is 4.53. The molecule has 0 aromatic rings. The highest BCUT2D eigenvalue weighted by atomic mass is 127. The topological polar surface area (TPSA) is 52.6 Å². The van der Waals surface area contributed by atoms with Gasteiger partial charge in [-0.05, 0) is 58.0 Å². The van der Waals surface area contributed by atoms with Crippen LogP contribution in [0.4, 0.5) is 0 Å². The molecule has 0 N–H and O–H groups in total. The normalized spacial score (nSPS) is 11.8. The highest BCUT2D eigenvalue weighted by molar-refractivity contribution is 14.1. The summed E-state index contributed by atoms with van der Waals surface area (Å²) in [7, 11) is 0. The van der Waals surface area contributed by atoms with Crippen molar-refractivity contribution in [3.63, 3.8) is 0 Å². The fourth-order valence-electron chi connectivity index (χ4n) is 1.34. The minimum absolute atomic E-state index is 0.292. The number of ether oxygens (including phenoxy) is 2. The molecule has 6 heteroatoms. The Morgan fingerprint density at radius 3 is 1.40 bits per heavy atom. The quantitative estimate of drug-likeness (QED) is 0.188. The molecule has 0 amide bonds. The number of carbonyl (C=O) groups is 2. The van der Waals surface area contributed by atoms with Gasteiger partial charge >= 0.3 is 11.9 Å². The van der Waals surface area contributed by atoms with E-state index < -0.39 is 11.9 Å². The lowest BCUT2D eigenvalue weighted by molar-refractivity contribution is -0.140. The first-order valence-corrected chi connectivity index (χ1v) is 9.09. The number of unbranched alkanes of at least 4 members (excludes halogenated alkanes) is 4. The standard InChI is InChI=1S/C14H22I2O4/c1-3-5-7-9-19-13(17)11(15)12(16)14(18)20-10-8-6-4-2/h3-10H2,1-2H3/b12-11-. The van der Waals surface area contributed by atoms with Gasteiger partial charge in [0.2, 0.25) is 0 Å². The first-order chi connectivity index (χ1) is 9.54. The maximum atomic E-state index is 11.7. The van der Waals surface area contributed by atoms with E-state index in [4.69, 9.17) is 9.47 Å². The van der Waals surface area contributed by atoms with E-state index in [0.717, 1.165) is 38.5 Å². The Balaban J connectivity index is 4.19. The molecule has 0 bridgehead atoms. The molecule has 0 saturated carbocycles. The Bertz CT molecular complexity index is 308. The number of hydrogen-bond acceptors (Lipinski definition) is 4. The van der Waals surface area contributed by atoms with Crippen LogP contribution in [0.1, 0.15) is 52.4 Å². The summed E-state index contributed by atoms with van der Waals surface area (Å²) in [5.41, 5.74) is 0. The molecular formula is C14H22I2O4. The summed E-state index contributed by atoms with van der Waals surface area (Å²) >= 11 is 3.67. The van der Waals surface area contributed by atoms with Gasteiger partial charge < -0.3 is 9.47 Å². The summed E-state index contributed by atoms with van der Waals surface area (Å²) in [6.07, 6.45) is 5.92. The number of esters is 2.